The van der Waals surface area contributed by atoms with Crippen LogP contribution >= 0.6 is 0 Å². The second-order valence-corrected chi connectivity index (χ2v) is 4.88. The van der Waals surface area contributed by atoms with Gasteiger partial charge in [-0.05, 0) is 47.3 Å². The van der Waals surface area contributed by atoms with E-state index < -0.39 is 12.7 Å². The first-order chi connectivity index (χ1) is 6.60. The van der Waals surface area contributed by atoms with Crippen molar-refractivity contribution in [1.82, 2.24) is 10.2 Å². The summed E-state index contributed by atoms with van der Waals surface area (Å²) in [5.41, 5.74) is 0.0304. The highest BCUT2D eigenvalue weighted by molar-refractivity contribution is 4.70. The van der Waals surface area contributed by atoms with Gasteiger partial charge in [-0.1, -0.05) is 0 Å². The van der Waals surface area contributed by atoms with E-state index in [9.17, 15) is 13.2 Å². The van der Waals surface area contributed by atoms with Crippen LogP contribution in [-0.4, -0.2) is 43.3 Å². The molecule has 0 atom stereocenters. The average molecular weight is 226 g/mol. The van der Waals surface area contributed by atoms with Crippen molar-refractivity contribution < 1.29 is 13.2 Å². The van der Waals surface area contributed by atoms with Crippen LogP contribution in [0.2, 0.25) is 0 Å². The SMILES string of the molecule is CN(CCCNC(C)(C)C)CC(F)(F)F. The maximum Gasteiger partial charge on any atom is 0.401 e. The fraction of sp³-hybridized carbons (Fsp3) is 1.00. The molecule has 0 saturated heterocycles. The van der Waals surface area contributed by atoms with Crippen LogP contribution in [0, 0.1) is 0 Å². The highest BCUT2D eigenvalue weighted by Crippen LogP contribution is 2.15. The van der Waals surface area contributed by atoms with Crippen molar-refractivity contribution in [2.24, 2.45) is 0 Å². The Labute approximate surface area is 89.8 Å². The van der Waals surface area contributed by atoms with Crippen LogP contribution in [0.5, 0.6) is 0 Å². The summed E-state index contributed by atoms with van der Waals surface area (Å²) in [7, 11) is 1.49. The predicted molar refractivity (Wildman–Crippen MR) is 55.9 cm³/mol. The summed E-state index contributed by atoms with van der Waals surface area (Å²) >= 11 is 0. The fourth-order valence-electron chi connectivity index (χ4n) is 1.20. The van der Waals surface area contributed by atoms with E-state index in [1.807, 2.05) is 20.8 Å². The molecule has 5 heteroatoms. The van der Waals surface area contributed by atoms with E-state index in [1.165, 1.54) is 11.9 Å². The van der Waals surface area contributed by atoms with Crippen molar-refractivity contribution in [3.8, 4) is 0 Å². The van der Waals surface area contributed by atoms with Gasteiger partial charge in [0.1, 0.15) is 0 Å². The van der Waals surface area contributed by atoms with Crippen molar-refractivity contribution in [2.45, 2.75) is 38.9 Å². The topological polar surface area (TPSA) is 15.3 Å². The number of halogens is 3. The third-order valence-corrected chi connectivity index (χ3v) is 1.82. The third kappa shape index (κ3) is 11.6. The van der Waals surface area contributed by atoms with Gasteiger partial charge in [-0.3, -0.25) is 4.90 Å². The van der Waals surface area contributed by atoms with Crippen LogP contribution in [0.3, 0.4) is 0 Å². The van der Waals surface area contributed by atoms with Gasteiger partial charge < -0.3 is 5.32 Å². The van der Waals surface area contributed by atoms with E-state index in [0.29, 0.717) is 6.54 Å². The Kier molecular flexibility index (Phi) is 5.59. The van der Waals surface area contributed by atoms with Crippen LogP contribution in [0.15, 0.2) is 0 Å². The van der Waals surface area contributed by atoms with Gasteiger partial charge in [0, 0.05) is 5.54 Å². The van der Waals surface area contributed by atoms with Crippen LogP contribution in [-0.2, 0) is 0 Å². The molecule has 92 valence electrons. The lowest BCUT2D eigenvalue weighted by molar-refractivity contribution is -0.143. The van der Waals surface area contributed by atoms with Gasteiger partial charge in [0.05, 0.1) is 6.54 Å². The Morgan fingerprint density at radius 2 is 1.67 bits per heavy atom. The zero-order valence-electron chi connectivity index (χ0n) is 9.91. The Hall–Kier alpha value is -0.290. The Morgan fingerprint density at radius 1 is 1.13 bits per heavy atom. The molecule has 0 aliphatic heterocycles. The van der Waals surface area contributed by atoms with Gasteiger partial charge in [0.25, 0.3) is 0 Å². The zero-order chi connectivity index (χ0) is 12.1. The lowest BCUT2D eigenvalue weighted by Gasteiger charge is -2.22. The average Bonchev–Trinajstić information content (AvgIpc) is 1.92. The van der Waals surface area contributed by atoms with E-state index in [2.05, 4.69) is 5.32 Å². The Morgan fingerprint density at radius 3 is 2.07 bits per heavy atom. The zero-order valence-corrected chi connectivity index (χ0v) is 9.91. The maximum atomic E-state index is 11.9. The van der Waals surface area contributed by atoms with Crippen molar-refractivity contribution >= 4 is 0 Å². The van der Waals surface area contributed by atoms with Crippen LogP contribution in [0.25, 0.3) is 0 Å². The predicted octanol–water partition coefficient (Wildman–Crippen LogP) is 2.26. The van der Waals surface area contributed by atoms with E-state index in [-0.39, 0.29) is 5.54 Å². The van der Waals surface area contributed by atoms with Gasteiger partial charge in [0.15, 0.2) is 0 Å². The fourth-order valence-corrected chi connectivity index (χ4v) is 1.20. The third-order valence-electron chi connectivity index (χ3n) is 1.82. The molecule has 0 heterocycles. The van der Waals surface area contributed by atoms with E-state index in [0.717, 1.165) is 13.0 Å². The van der Waals surface area contributed by atoms with E-state index in [1.54, 1.807) is 0 Å². The molecule has 0 aliphatic rings. The first kappa shape index (κ1) is 14.7. The number of hydrogen-bond acceptors (Lipinski definition) is 2. The molecule has 0 saturated carbocycles. The second-order valence-electron chi connectivity index (χ2n) is 4.88. The minimum atomic E-state index is -4.09. The normalized spacial score (nSPS) is 13.6. The molecule has 15 heavy (non-hydrogen) atoms. The molecule has 0 aromatic rings. The van der Waals surface area contributed by atoms with Crippen molar-refractivity contribution in [2.75, 3.05) is 26.7 Å². The van der Waals surface area contributed by atoms with E-state index >= 15 is 0 Å². The van der Waals surface area contributed by atoms with Gasteiger partial charge in [-0.25, -0.2) is 0 Å². The van der Waals surface area contributed by atoms with E-state index in [4.69, 9.17) is 0 Å². The molecular formula is C10H21F3N2. The number of nitrogens with one attached hydrogen (secondary N) is 1. The molecule has 0 fully saturated rings. The van der Waals surface area contributed by atoms with Gasteiger partial charge in [-0.15, -0.1) is 0 Å². The Balaban J connectivity index is 3.52. The minimum absolute atomic E-state index is 0.0304. The summed E-state index contributed by atoms with van der Waals surface area (Å²) in [6, 6.07) is 0. The monoisotopic (exact) mass is 226 g/mol. The summed E-state index contributed by atoms with van der Waals surface area (Å²) in [5.74, 6) is 0. The highest BCUT2D eigenvalue weighted by atomic mass is 19.4. The quantitative estimate of drug-likeness (QED) is 0.723. The smallest absolute Gasteiger partial charge is 0.312 e. The molecule has 0 bridgehead atoms. The van der Waals surface area contributed by atoms with Gasteiger partial charge in [0.2, 0.25) is 0 Å². The maximum absolute atomic E-state index is 11.9. The first-order valence-corrected chi connectivity index (χ1v) is 5.10. The highest BCUT2D eigenvalue weighted by Gasteiger charge is 2.28. The first-order valence-electron chi connectivity index (χ1n) is 5.10. The molecule has 0 radical (unpaired) electrons. The molecule has 0 unspecified atom stereocenters. The van der Waals surface area contributed by atoms with Gasteiger partial charge >= 0.3 is 6.18 Å². The molecule has 1 N–H and O–H groups in total. The number of nitrogens with zero attached hydrogens (tertiary/aromatic N) is 1. The molecular weight excluding hydrogens is 205 g/mol. The van der Waals surface area contributed by atoms with Crippen LogP contribution in [0.4, 0.5) is 13.2 Å². The number of hydrogen-bond donors (Lipinski definition) is 1. The molecule has 0 spiro atoms. The van der Waals surface area contributed by atoms with Crippen LogP contribution < -0.4 is 5.32 Å². The lowest BCUT2D eigenvalue weighted by Crippen LogP contribution is -2.38. The van der Waals surface area contributed by atoms with Gasteiger partial charge in [-0.2, -0.15) is 13.2 Å². The number of alkyl halides is 3. The summed E-state index contributed by atoms with van der Waals surface area (Å²) in [4.78, 5) is 1.30. The summed E-state index contributed by atoms with van der Waals surface area (Å²) in [6.45, 7) is 6.47. The summed E-state index contributed by atoms with van der Waals surface area (Å²) in [6.07, 6.45) is -3.37. The van der Waals surface area contributed by atoms with Crippen molar-refractivity contribution in [1.29, 1.82) is 0 Å². The largest absolute Gasteiger partial charge is 0.401 e. The summed E-state index contributed by atoms with van der Waals surface area (Å²) in [5, 5.41) is 3.23. The standard InChI is InChI=1S/C10H21F3N2/c1-9(2,3)14-6-5-7-15(4)8-10(11,12)13/h14H,5-8H2,1-4H3. The molecule has 0 aliphatic carbocycles. The Bertz CT molecular complexity index is 172. The summed E-state index contributed by atoms with van der Waals surface area (Å²) < 4.78 is 35.8. The molecule has 0 rings (SSSR count). The minimum Gasteiger partial charge on any atom is -0.312 e. The molecule has 0 amide bonds. The molecule has 0 aromatic carbocycles. The lowest BCUT2D eigenvalue weighted by atomic mass is 10.1. The molecule has 0 aromatic heterocycles. The number of rotatable bonds is 5. The van der Waals surface area contributed by atoms with Crippen molar-refractivity contribution in [3.63, 3.8) is 0 Å². The second kappa shape index (κ2) is 5.70. The molecule has 2 nitrogen and oxygen atoms in total. The van der Waals surface area contributed by atoms with Crippen LogP contribution in [0.1, 0.15) is 27.2 Å². The van der Waals surface area contributed by atoms with Crippen molar-refractivity contribution in [3.05, 3.63) is 0 Å².